The number of fused-ring (bicyclic) bond motifs is 1. The van der Waals surface area contributed by atoms with Gasteiger partial charge in [-0.1, -0.05) is 35.9 Å². The van der Waals surface area contributed by atoms with Crippen molar-refractivity contribution >= 4 is 17.5 Å². The van der Waals surface area contributed by atoms with Crippen molar-refractivity contribution in [2.24, 2.45) is 5.92 Å². The van der Waals surface area contributed by atoms with Crippen molar-refractivity contribution in [2.45, 2.75) is 51.3 Å². The summed E-state index contributed by atoms with van der Waals surface area (Å²) in [5.41, 5.74) is 1.24. The molecular weight excluding hydrogens is 403 g/mol. The van der Waals surface area contributed by atoms with Gasteiger partial charge in [-0.15, -0.1) is 0 Å². The average Bonchev–Trinajstić information content (AvgIpc) is 2.70. The number of likely N-dealkylation sites (tertiary alicyclic amines) is 1. The Morgan fingerprint density at radius 3 is 2.67 bits per heavy atom. The van der Waals surface area contributed by atoms with E-state index in [0.29, 0.717) is 17.1 Å². The second-order valence-corrected chi connectivity index (χ2v) is 9.32. The van der Waals surface area contributed by atoms with Crippen LogP contribution < -0.4 is 10.1 Å². The summed E-state index contributed by atoms with van der Waals surface area (Å²) >= 11 is 6.16. The SMILES string of the molecule is CC1(C)C[C@@H](NC(=O)C2CCN(Cc3c(F)cccc3Cl)CC2)c2ccccc2O1. The Hall–Kier alpha value is -2.11. The Kier molecular flexibility index (Phi) is 6.03. The number of nitrogens with zero attached hydrogens (tertiary/aromatic N) is 1. The minimum atomic E-state index is -0.325. The Bertz CT molecular complexity index is 905. The molecule has 0 radical (unpaired) electrons. The van der Waals surface area contributed by atoms with Crippen molar-refractivity contribution < 1.29 is 13.9 Å². The smallest absolute Gasteiger partial charge is 0.223 e. The predicted molar refractivity (Wildman–Crippen MR) is 116 cm³/mol. The zero-order valence-electron chi connectivity index (χ0n) is 17.5. The van der Waals surface area contributed by atoms with E-state index in [1.807, 2.05) is 24.3 Å². The number of nitrogens with one attached hydrogen (secondary N) is 1. The van der Waals surface area contributed by atoms with E-state index in [4.69, 9.17) is 16.3 Å². The zero-order valence-corrected chi connectivity index (χ0v) is 18.2. The first-order chi connectivity index (χ1) is 14.3. The van der Waals surface area contributed by atoms with Crippen molar-refractivity contribution in [3.05, 3.63) is 64.4 Å². The van der Waals surface area contributed by atoms with Gasteiger partial charge in [-0.3, -0.25) is 9.69 Å². The van der Waals surface area contributed by atoms with Crippen molar-refractivity contribution in [3.63, 3.8) is 0 Å². The van der Waals surface area contributed by atoms with Crippen LogP contribution in [0.15, 0.2) is 42.5 Å². The number of piperidine rings is 1. The molecule has 1 N–H and O–H groups in total. The Morgan fingerprint density at radius 2 is 1.93 bits per heavy atom. The Balaban J connectivity index is 1.36. The number of carbonyl (C=O) groups excluding carboxylic acids is 1. The number of para-hydroxylation sites is 1. The Morgan fingerprint density at radius 1 is 1.20 bits per heavy atom. The standard InChI is InChI=1S/C24H28ClFN2O2/c1-24(2)14-21(17-6-3-4-9-22(17)30-24)27-23(29)16-10-12-28(13-11-16)15-18-19(25)7-5-8-20(18)26/h3-9,16,21H,10-15H2,1-2H3,(H,27,29)/t21-/m1/s1. The largest absolute Gasteiger partial charge is 0.487 e. The summed E-state index contributed by atoms with van der Waals surface area (Å²) in [5, 5.41) is 3.72. The highest BCUT2D eigenvalue weighted by Crippen LogP contribution is 2.39. The van der Waals surface area contributed by atoms with E-state index in [2.05, 4.69) is 24.1 Å². The number of halogens is 2. The molecule has 1 atom stereocenters. The molecule has 30 heavy (non-hydrogen) atoms. The van der Waals surface area contributed by atoms with Gasteiger partial charge >= 0.3 is 0 Å². The topological polar surface area (TPSA) is 41.6 Å². The molecule has 0 spiro atoms. The highest BCUT2D eigenvalue weighted by molar-refractivity contribution is 6.31. The lowest BCUT2D eigenvalue weighted by Gasteiger charge is -2.39. The third kappa shape index (κ3) is 4.62. The first kappa shape index (κ1) is 21.1. The summed E-state index contributed by atoms with van der Waals surface area (Å²) < 4.78 is 20.1. The van der Waals surface area contributed by atoms with Gasteiger partial charge in [0.1, 0.15) is 17.2 Å². The minimum Gasteiger partial charge on any atom is -0.487 e. The molecule has 2 aliphatic rings. The predicted octanol–water partition coefficient (Wildman–Crippen LogP) is 5.11. The third-order valence-electron chi connectivity index (χ3n) is 6.09. The summed E-state index contributed by atoms with van der Waals surface area (Å²) in [5.74, 6) is 0.630. The molecule has 6 heteroatoms. The van der Waals surface area contributed by atoms with Crippen LogP contribution in [0.3, 0.4) is 0 Å². The number of ether oxygens (including phenoxy) is 1. The van der Waals surface area contributed by atoms with E-state index in [-0.39, 0.29) is 29.3 Å². The minimum absolute atomic E-state index is 0.0320. The molecule has 2 heterocycles. The number of rotatable bonds is 4. The van der Waals surface area contributed by atoms with Crippen LogP contribution in [0.2, 0.25) is 5.02 Å². The maximum absolute atomic E-state index is 14.1. The number of amides is 1. The van der Waals surface area contributed by atoms with Crippen molar-refractivity contribution in [1.82, 2.24) is 10.2 Å². The molecule has 2 aromatic rings. The van der Waals surface area contributed by atoms with Gasteiger partial charge in [0.15, 0.2) is 0 Å². The number of hydrogen-bond donors (Lipinski definition) is 1. The fourth-order valence-electron chi connectivity index (χ4n) is 4.48. The maximum atomic E-state index is 14.1. The lowest BCUT2D eigenvalue weighted by molar-refractivity contribution is -0.127. The van der Waals surface area contributed by atoms with Gasteiger partial charge < -0.3 is 10.1 Å². The van der Waals surface area contributed by atoms with Gasteiger partial charge in [-0.25, -0.2) is 4.39 Å². The lowest BCUT2D eigenvalue weighted by Crippen LogP contribution is -2.45. The summed E-state index contributed by atoms with van der Waals surface area (Å²) in [6, 6.07) is 12.6. The van der Waals surface area contributed by atoms with Gasteiger partial charge in [-0.05, 0) is 58.0 Å². The summed E-state index contributed by atoms with van der Waals surface area (Å²) in [6.07, 6.45) is 2.25. The lowest BCUT2D eigenvalue weighted by atomic mass is 9.88. The van der Waals surface area contributed by atoms with E-state index in [1.54, 1.807) is 12.1 Å². The number of hydrogen-bond acceptors (Lipinski definition) is 3. The molecule has 0 saturated carbocycles. The summed E-state index contributed by atoms with van der Waals surface area (Å²) in [7, 11) is 0. The summed E-state index contributed by atoms with van der Waals surface area (Å²) in [6.45, 7) is 6.07. The van der Waals surface area contributed by atoms with Gasteiger partial charge in [0.2, 0.25) is 5.91 Å². The second kappa shape index (κ2) is 8.56. The highest BCUT2D eigenvalue weighted by Gasteiger charge is 2.36. The summed E-state index contributed by atoms with van der Waals surface area (Å²) in [4.78, 5) is 15.2. The monoisotopic (exact) mass is 430 g/mol. The molecule has 2 aliphatic heterocycles. The average molecular weight is 431 g/mol. The second-order valence-electron chi connectivity index (χ2n) is 8.92. The van der Waals surface area contributed by atoms with Crippen LogP contribution in [0.4, 0.5) is 4.39 Å². The molecule has 0 bridgehead atoms. The van der Waals surface area contributed by atoms with Crippen molar-refractivity contribution in [1.29, 1.82) is 0 Å². The quantitative estimate of drug-likeness (QED) is 0.732. The molecule has 1 fully saturated rings. The number of benzene rings is 2. The van der Waals surface area contributed by atoms with Crippen LogP contribution in [0.5, 0.6) is 5.75 Å². The molecule has 0 unspecified atom stereocenters. The molecule has 2 aromatic carbocycles. The molecule has 0 aliphatic carbocycles. The van der Waals surface area contributed by atoms with Crippen LogP contribution in [-0.4, -0.2) is 29.5 Å². The van der Waals surface area contributed by atoms with Crippen molar-refractivity contribution in [2.75, 3.05) is 13.1 Å². The highest BCUT2D eigenvalue weighted by atomic mass is 35.5. The van der Waals surface area contributed by atoms with Crippen LogP contribution in [0, 0.1) is 11.7 Å². The first-order valence-electron chi connectivity index (χ1n) is 10.6. The third-order valence-corrected chi connectivity index (χ3v) is 6.45. The van der Waals surface area contributed by atoms with Crippen LogP contribution >= 0.6 is 11.6 Å². The van der Waals surface area contributed by atoms with Gasteiger partial charge in [-0.2, -0.15) is 0 Å². The molecular formula is C24H28ClFN2O2. The Labute approximate surface area is 182 Å². The molecule has 4 rings (SSSR count). The van der Waals surface area contributed by atoms with E-state index in [0.717, 1.165) is 43.7 Å². The molecule has 160 valence electrons. The van der Waals surface area contributed by atoms with Crippen LogP contribution in [0.25, 0.3) is 0 Å². The fraction of sp³-hybridized carbons (Fsp3) is 0.458. The zero-order chi connectivity index (χ0) is 21.3. The van der Waals surface area contributed by atoms with E-state index < -0.39 is 0 Å². The van der Waals surface area contributed by atoms with E-state index in [1.165, 1.54) is 6.07 Å². The van der Waals surface area contributed by atoms with Gasteiger partial charge in [0.25, 0.3) is 0 Å². The molecule has 1 amide bonds. The van der Waals surface area contributed by atoms with Gasteiger partial charge in [0.05, 0.1) is 6.04 Å². The van der Waals surface area contributed by atoms with Gasteiger partial charge in [0, 0.05) is 35.0 Å². The van der Waals surface area contributed by atoms with Crippen LogP contribution in [0.1, 0.15) is 50.3 Å². The van der Waals surface area contributed by atoms with Crippen LogP contribution in [-0.2, 0) is 11.3 Å². The maximum Gasteiger partial charge on any atom is 0.223 e. The first-order valence-corrected chi connectivity index (χ1v) is 10.9. The normalized spacial score (nSPS) is 21.5. The fourth-order valence-corrected chi connectivity index (χ4v) is 4.70. The number of carbonyl (C=O) groups is 1. The van der Waals surface area contributed by atoms with E-state index in [9.17, 15) is 9.18 Å². The van der Waals surface area contributed by atoms with Crippen molar-refractivity contribution in [3.8, 4) is 5.75 Å². The molecule has 1 saturated heterocycles. The molecule has 0 aromatic heterocycles. The van der Waals surface area contributed by atoms with E-state index >= 15 is 0 Å². The molecule has 4 nitrogen and oxygen atoms in total.